The first-order valence-corrected chi connectivity index (χ1v) is 5.21. The summed E-state index contributed by atoms with van der Waals surface area (Å²) in [5, 5.41) is 0. The van der Waals surface area contributed by atoms with Crippen molar-refractivity contribution >= 4 is 5.78 Å². The number of aryl methyl sites for hydroxylation is 1. The summed E-state index contributed by atoms with van der Waals surface area (Å²) in [6.07, 6.45) is 5.17. The van der Waals surface area contributed by atoms with E-state index in [1.807, 2.05) is 39.0 Å². The van der Waals surface area contributed by atoms with E-state index in [2.05, 4.69) is 4.98 Å². The van der Waals surface area contributed by atoms with Crippen LogP contribution in [-0.2, 0) is 0 Å². The summed E-state index contributed by atoms with van der Waals surface area (Å²) >= 11 is 0. The minimum absolute atomic E-state index is 0.182. The van der Waals surface area contributed by atoms with Gasteiger partial charge < -0.3 is 0 Å². The second kappa shape index (κ2) is 5.44. The molecule has 1 heterocycles. The van der Waals surface area contributed by atoms with Gasteiger partial charge >= 0.3 is 0 Å². The molecule has 1 rings (SSSR count). The highest BCUT2D eigenvalue weighted by Crippen LogP contribution is 2.11. The van der Waals surface area contributed by atoms with E-state index in [0.717, 1.165) is 17.7 Å². The fourth-order valence-electron chi connectivity index (χ4n) is 1.37. The normalized spacial score (nSPS) is 11.5. The van der Waals surface area contributed by atoms with Gasteiger partial charge in [-0.3, -0.25) is 9.78 Å². The van der Waals surface area contributed by atoms with Crippen molar-refractivity contribution in [3.63, 3.8) is 0 Å². The summed E-state index contributed by atoms with van der Waals surface area (Å²) in [5.74, 6) is 0.182. The largest absolute Gasteiger partial charge is 0.294 e. The van der Waals surface area contributed by atoms with E-state index < -0.39 is 0 Å². The highest BCUT2D eigenvalue weighted by atomic mass is 16.1. The number of aromatic nitrogens is 1. The lowest BCUT2D eigenvalue weighted by Crippen LogP contribution is -2.03. The van der Waals surface area contributed by atoms with Crippen LogP contribution in [0.5, 0.6) is 0 Å². The van der Waals surface area contributed by atoms with Crippen molar-refractivity contribution in [3.05, 3.63) is 41.2 Å². The highest BCUT2D eigenvalue weighted by molar-refractivity contribution is 5.97. The monoisotopic (exact) mass is 203 g/mol. The molecule has 0 atom stereocenters. The molecule has 1 aromatic heterocycles. The molecule has 2 heteroatoms. The lowest BCUT2D eigenvalue weighted by Gasteiger charge is -2.03. The van der Waals surface area contributed by atoms with Crippen LogP contribution >= 0.6 is 0 Å². The van der Waals surface area contributed by atoms with Crippen LogP contribution in [0.25, 0.3) is 0 Å². The zero-order valence-corrected chi connectivity index (χ0v) is 9.58. The maximum atomic E-state index is 11.8. The fourth-order valence-corrected chi connectivity index (χ4v) is 1.37. The molecule has 0 amide bonds. The van der Waals surface area contributed by atoms with Crippen LogP contribution in [0.4, 0.5) is 0 Å². The first-order valence-electron chi connectivity index (χ1n) is 5.21. The van der Waals surface area contributed by atoms with Crippen LogP contribution in [0.3, 0.4) is 0 Å². The molecule has 0 fully saturated rings. The van der Waals surface area contributed by atoms with Crippen LogP contribution in [0.15, 0.2) is 30.0 Å². The third kappa shape index (κ3) is 3.31. The Morgan fingerprint density at radius 3 is 2.80 bits per heavy atom. The predicted molar refractivity (Wildman–Crippen MR) is 62.0 cm³/mol. The van der Waals surface area contributed by atoms with Gasteiger partial charge in [-0.15, -0.1) is 0 Å². The Hall–Kier alpha value is -1.44. The summed E-state index contributed by atoms with van der Waals surface area (Å²) in [6.45, 7) is 5.91. The summed E-state index contributed by atoms with van der Waals surface area (Å²) in [6, 6.07) is 3.65. The Morgan fingerprint density at radius 1 is 1.47 bits per heavy atom. The maximum absolute atomic E-state index is 11.8. The van der Waals surface area contributed by atoms with Gasteiger partial charge in [-0.1, -0.05) is 11.6 Å². The number of rotatable bonds is 4. The van der Waals surface area contributed by atoms with Gasteiger partial charge in [0.25, 0.3) is 0 Å². The first kappa shape index (κ1) is 11.6. The number of nitrogens with zero attached hydrogens (tertiary/aromatic N) is 1. The van der Waals surface area contributed by atoms with E-state index in [9.17, 15) is 4.79 Å². The Balaban J connectivity index is 2.66. The summed E-state index contributed by atoms with van der Waals surface area (Å²) < 4.78 is 0. The Bertz CT molecular complexity index is 380. The molecule has 0 radical (unpaired) electrons. The van der Waals surface area contributed by atoms with Gasteiger partial charge in [-0.05, 0) is 39.3 Å². The predicted octanol–water partition coefficient (Wildman–Crippen LogP) is 3.32. The third-order valence-corrected chi connectivity index (χ3v) is 2.55. The van der Waals surface area contributed by atoms with Gasteiger partial charge in [0.15, 0.2) is 5.78 Å². The molecule has 0 aromatic carbocycles. The second-order valence-corrected chi connectivity index (χ2v) is 3.69. The Kier molecular flexibility index (Phi) is 4.22. The van der Waals surface area contributed by atoms with Crippen molar-refractivity contribution < 1.29 is 4.79 Å². The number of ketones is 1. The minimum atomic E-state index is 0.182. The first-order chi connectivity index (χ1) is 7.15. The van der Waals surface area contributed by atoms with E-state index in [0.29, 0.717) is 6.42 Å². The molecule has 2 nitrogen and oxygen atoms in total. The van der Waals surface area contributed by atoms with Crippen LogP contribution < -0.4 is 0 Å². The highest BCUT2D eigenvalue weighted by Gasteiger charge is 2.08. The SMILES string of the molecule is CC=C(C)CCC(=O)c1cccnc1C. The zero-order valence-electron chi connectivity index (χ0n) is 9.58. The van der Waals surface area contributed by atoms with Crippen LogP contribution in [-0.4, -0.2) is 10.8 Å². The van der Waals surface area contributed by atoms with Crippen molar-refractivity contribution in [2.45, 2.75) is 33.6 Å². The molecule has 0 unspecified atom stereocenters. The van der Waals surface area contributed by atoms with Crippen LogP contribution in [0.2, 0.25) is 0 Å². The molecular weight excluding hydrogens is 186 g/mol. The quantitative estimate of drug-likeness (QED) is 0.555. The van der Waals surface area contributed by atoms with Crippen molar-refractivity contribution in [1.29, 1.82) is 0 Å². The average Bonchev–Trinajstić information content (AvgIpc) is 2.26. The molecule has 0 saturated carbocycles. The second-order valence-electron chi connectivity index (χ2n) is 3.69. The molecule has 0 aliphatic rings. The van der Waals surface area contributed by atoms with Gasteiger partial charge in [0.05, 0.1) is 0 Å². The molecule has 0 bridgehead atoms. The number of Topliss-reactive ketones (excluding diaryl/α,β-unsaturated/α-hetero) is 1. The van der Waals surface area contributed by atoms with Gasteiger partial charge in [0, 0.05) is 23.9 Å². The third-order valence-electron chi connectivity index (χ3n) is 2.55. The summed E-state index contributed by atoms with van der Waals surface area (Å²) in [4.78, 5) is 15.9. The van der Waals surface area contributed by atoms with E-state index in [1.54, 1.807) is 6.20 Å². The fraction of sp³-hybridized carbons (Fsp3) is 0.385. The standard InChI is InChI=1S/C13H17NO/c1-4-10(2)7-8-13(15)12-6-5-9-14-11(12)3/h4-6,9H,7-8H2,1-3H3. The number of carbonyl (C=O) groups excluding carboxylic acids is 1. The molecule has 0 saturated heterocycles. The van der Waals surface area contributed by atoms with E-state index in [1.165, 1.54) is 5.57 Å². The molecule has 0 N–H and O–H groups in total. The van der Waals surface area contributed by atoms with Crippen LogP contribution in [0.1, 0.15) is 42.7 Å². The topological polar surface area (TPSA) is 30.0 Å². The van der Waals surface area contributed by atoms with Gasteiger partial charge in [0.1, 0.15) is 0 Å². The molecule has 15 heavy (non-hydrogen) atoms. The van der Waals surface area contributed by atoms with Crippen molar-refractivity contribution in [3.8, 4) is 0 Å². The van der Waals surface area contributed by atoms with Crippen molar-refractivity contribution in [2.24, 2.45) is 0 Å². The maximum Gasteiger partial charge on any atom is 0.165 e. The van der Waals surface area contributed by atoms with E-state index in [-0.39, 0.29) is 5.78 Å². The Morgan fingerprint density at radius 2 is 2.20 bits per heavy atom. The lowest BCUT2D eigenvalue weighted by atomic mass is 10.0. The smallest absolute Gasteiger partial charge is 0.165 e. The molecule has 80 valence electrons. The molecular formula is C13H17NO. The number of hydrogen-bond acceptors (Lipinski definition) is 2. The van der Waals surface area contributed by atoms with E-state index >= 15 is 0 Å². The number of allylic oxidation sites excluding steroid dienone is 2. The minimum Gasteiger partial charge on any atom is -0.294 e. The summed E-state index contributed by atoms with van der Waals surface area (Å²) in [5.41, 5.74) is 2.83. The molecule has 0 aliphatic heterocycles. The van der Waals surface area contributed by atoms with Gasteiger partial charge in [-0.25, -0.2) is 0 Å². The summed E-state index contributed by atoms with van der Waals surface area (Å²) in [7, 11) is 0. The average molecular weight is 203 g/mol. The van der Waals surface area contributed by atoms with Gasteiger partial charge in [0.2, 0.25) is 0 Å². The Labute approximate surface area is 91.0 Å². The lowest BCUT2D eigenvalue weighted by molar-refractivity contribution is 0.0982. The number of pyridine rings is 1. The van der Waals surface area contributed by atoms with Crippen LogP contribution in [0, 0.1) is 6.92 Å². The van der Waals surface area contributed by atoms with Gasteiger partial charge in [-0.2, -0.15) is 0 Å². The van der Waals surface area contributed by atoms with Crippen molar-refractivity contribution in [1.82, 2.24) is 4.98 Å². The number of hydrogen-bond donors (Lipinski definition) is 0. The molecule has 0 spiro atoms. The number of carbonyl (C=O) groups is 1. The molecule has 0 aliphatic carbocycles. The zero-order chi connectivity index (χ0) is 11.3. The molecule has 1 aromatic rings. The van der Waals surface area contributed by atoms with E-state index in [4.69, 9.17) is 0 Å². The van der Waals surface area contributed by atoms with Crippen molar-refractivity contribution in [2.75, 3.05) is 0 Å².